The highest BCUT2D eigenvalue weighted by Crippen LogP contribution is 2.32. The Morgan fingerprint density at radius 3 is 2.89 bits per heavy atom. The fourth-order valence-electron chi connectivity index (χ4n) is 1.92. The Hall–Kier alpha value is -2.20. The zero-order valence-corrected chi connectivity index (χ0v) is 10.3. The predicted molar refractivity (Wildman–Crippen MR) is 73.6 cm³/mol. The van der Waals surface area contributed by atoms with Crippen LogP contribution in [0.3, 0.4) is 0 Å². The van der Waals surface area contributed by atoms with E-state index in [0.29, 0.717) is 5.56 Å². The first-order valence-electron chi connectivity index (χ1n) is 5.48. The summed E-state index contributed by atoms with van der Waals surface area (Å²) in [5, 5.41) is 2.87. The summed E-state index contributed by atoms with van der Waals surface area (Å²) < 4.78 is 0. The van der Waals surface area contributed by atoms with Crippen LogP contribution in [0, 0.1) is 0 Å². The maximum absolute atomic E-state index is 11.1. The number of nitrogens with two attached hydrogens (primary N) is 1. The molecule has 0 spiro atoms. The Balaban J connectivity index is 2.21. The summed E-state index contributed by atoms with van der Waals surface area (Å²) in [5.41, 5.74) is 7.85. The molecule has 0 radical (unpaired) electrons. The van der Waals surface area contributed by atoms with Gasteiger partial charge < -0.3 is 5.73 Å². The quantitative estimate of drug-likeness (QED) is 0.764. The van der Waals surface area contributed by atoms with E-state index >= 15 is 0 Å². The number of amides is 1. The molecule has 2 aromatic heterocycles. The van der Waals surface area contributed by atoms with Crippen molar-refractivity contribution in [3.05, 3.63) is 53.5 Å². The van der Waals surface area contributed by atoms with E-state index in [1.54, 1.807) is 11.6 Å². The van der Waals surface area contributed by atoms with Crippen molar-refractivity contribution in [3.63, 3.8) is 0 Å². The minimum atomic E-state index is -0.393. The first-order valence-corrected chi connectivity index (χ1v) is 6.36. The monoisotopic (exact) mass is 254 g/mol. The number of carbonyl (C=O) groups excluding carboxylic acids is 1. The number of aromatic nitrogens is 1. The number of carbonyl (C=O) groups is 1. The van der Waals surface area contributed by atoms with Crippen LogP contribution < -0.4 is 5.73 Å². The van der Waals surface area contributed by atoms with E-state index in [1.165, 1.54) is 11.3 Å². The summed E-state index contributed by atoms with van der Waals surface area (Å²) in [6.45, 7) is 0. The van der Waals surface area contributed by atoms with Crippen LogP contribution in [0.25, 0.3) is 21.3 Å². The van der Waals surface area contributed by atoms with Gasteiger partial charge in [-0.25, -0.2) is 0 Å². The molecule has 0 bridgehead atoms. The first kappa shape index (κ1) is 10.9. The summed E-state index contributed by atoms with van der Waals surface area (Å²) in [5.74, 6) is -0.393. The third-order valence-electron chi connectivity index (χ3n) is 2.80. The third kappa shape index (κ3) is 1.76. The van der Waals surface area contributed by atoms with Crippen molar-refractivity contribution in [1.82, 2.24) is 4.98 Å². The van der Waals surface area contributed by atoms with Crippen LogP contribution in [0.1, 0.15) is 10.4 Å². The van der Waals surface area contributed by atoms with Crippen molar-refractivity contribution in [1.29, 1.82) is 0 Å². The Morgan fingerprint density at radius 2 is 2.11 bits per heavy atom. The second-order valence-corrected chi connectivity index (χ2v) is 4.85. The minimum Gasteiger partial charge on any atom is -0.366 e. The van der Waals surface area contributed by atoms with Gasteiger partial charge in [0.1, 0.15) is 0 Å². The standard InChI is InChI=1S/C14H10N2OS/c15-14(17)9-7-13(18-8-9)11-3-1-5-12-10(11)4-2-6-16-12/h1-8H,(H2,15,17). The molecule has 3 rings (SSSR count). The van der Waals surface area contributed by atoms with Gasteiger partial charge in [-0.15, -0.1) is 11.3 Å². The van der Waals surface area contributed by atoms with Crippen molar-refractivity contribution in [3.8, 4) is 10.4 Å². The van der Waals surface area contributed by atoms with Gasteiger partial charge in [-0.1, -0.05) is 18.2 Å². The molecule has 88 valence electrons. The van der Waals surface area contributed by atoms with Crippen molar-refractivity contribution in [2.24, 2.45) is 5.73 Å². The number of primary amides is 1. The maximum Gasteiger partial charge on any atom is 0.249 e. The van der Waals surface area contributed by atoms with E-state index in [2.05, 4.69) is 4.98 Å². The molecule has 0 fully saturated rings. The third-order valence-corrected chi connectivity index (χ3v) is 3.76. The van der Waals surface area contributed by atoms with E-state index in [-0.39, 0.29) is 0 Å². The lowest BCUT2D eigenvalue weighted by Gasteiger charge is -2.02. The highest BCUT2D eigenvalue weighted by atomic mass is 32.1. The molecule has 2 heterocycles. The topological polar surface area (TPSA) is 56.0 Å². The number of thiophene rings is 1. The van der Waals surface area contributed by atoms with Gasteiger partial charge in [-0.05, 0) is 18.2 Å². The lowest BCUT2D eigenvalue weighted by Crippen LogP contribution is -2.08. The van der Waals surface area contributed by atoms with Gasteiger partial charge in [-0.3, -0.25) is 9.78 Å². The molecule has 3 aromatic rings. The largest absolute Gasteiger partial charge is 0.366 e. The molecule has 1 amide bonds. The van der Waals surface area contributed by atoms with Gasteiger partial charge in [0.2, 0.25) is 5.91 Å². The number of pyridine rings is 1. The van der Waals surface area contributed by atoms with Crippen LogP contribution in [0.15, 0.2) is 48.0 Å². The smallest absolute Gasteiger partial charge is 0.249 e. The number of hydrogen-bond donors (Lipinski definition) is 1. The van der Waals surface area contributed by atoms with E-state index in [4.69, 9.17) is 5.73 Å². The SMILES string of the molecule is NC(=O)c1csc(-c2cccc3ncccc23)c1. The molecule has 0 atom stereocenters. The zero-order chi connectivity index (χ0) is 12.5. The Kier molecular flexibility index (Phi) is 2.57. The van der Waals surface area contributed by atoms with Crippen molar-refractivity contribution < 1.29 is 4.79 Å². The Morgan fingerprint density at radius 1 is 1.22 bits per heavy atom. The van der Waals surface area contributed by atoms with Gasteiger partial charge >= 0.3 is 0 Å². The molecular formula is C14H10N2OS. The molecule has 0 aliphatic carbocycles. The van der Waals surface area contributed by atoms with Gasteiger partial charge in [-0.2, -0.15) is 0 Å². The normalized spacial score (nSPS) is 10.7. The van der Waals surface area contributed by atoms with Gasteiger partial charge in [0, 0.05) is 27.4 Å². The van der Waals surface area contributed by atoms with Gasteiger partial charge in [0.05, 0.1) is 11.1 Å². The van der Waals surface area contributed by atoms with Crippen molar-refractivity contribution >= 4 is 28.1 Å². The summed E-state index contributed by atoms with van der Waals surface area (Å²) in [4.78, 5) is 16.5. The average molecular weight is 254 g/mol. The summed E-state index contributed by atoms with van der Waals surface area (Å²) in [6, 6.07) is 11.7. The fourth-order valence-corrected chi connectivity index (χ4v) is 2.86. The Bertz CT molecular complexity index is 728. The molecule has 3 nitrogen and oxygen atoms in total. The molecule has 0 aliphatic rings. The van der Waals surface area contributed by atoms with Crippen LogP contribution >= 0.6 is 11.3 Å². The van der Waals surface area contributed by atoms with E-state index in [1.807, 2.05) is 36.4 Å². The second kappa shape index (κ2) is 4.23. The molecule has 0 saturated heterocycles. The van der Waals surface area contributed by atoms with Crippen LogP contribution in [0.2, 0.25) is 0 Å². The predicted octanol–water partition coefficient (Wildman–Crippen LogP) is 3.06. The number of nitrogens with zero attached hydrogens (tertiary/aromatic N) is 1. The van der Waals surface area contributed by atoms with Gasteiger partial charge in [0.15, 0.2) is 0 Å². The lowest BCUT2D eigenvalue weighted by molar-refractivity contribution is 0.100. The van der Waals surface area contributed by atoms with Gasteiger partial charge in [0.25, 0.3) is 0 Å². The molecule has 0 unspecified atom stereocenters. The zero-order valence-electron chi connectivity index (χ0n) is 9.46. The lowest BCUT2D eigenvalue weighted by atomic mass is 10.1. The molecule has 2 N–H and O–H groups in total. The molecule has 18 heavy (non-hydrogen) atoms. The molecule has 4 heteroatoms. The fraction of sp³-hybridized carbons (Fsp3) is 0. The molecular weight excluding hydrogens is 244 g/mol. The summed E-state index contributed by atoms with van der Waals surface area (Å²) in [6.07, 6.45) is 1.77. The van der Waals surface area contributed by atoms with Crippen molar-refractivity contribution in [2.75, 3.05) is 0 Å². The highest BCUT2D eigenvalue weighted by Gasteiger charge is 2.09. The minimum absolute atomic E-state index is 0.393. The Labute approximate surface area is 108 Å². The maximum atomic E-state index is 11.1. The summed E-state index contributed by atoms with van der Waals surface area (Å²) in [7, 11) is 0. The van der Waals surface area contributed by atoms with Crippen LogP contribution in [0.4, 0.5) is 0 Å². The second-order valence-electron chi connectivity index (χ2n) is 3.94. The van der Waals surface area contributed by atoms with Crippen LogP contribution in [-0.2, 0) is 0 Å². The van der Waals surface area contributed by atoms with Crippen LogP contribution in [-0.4, -0.2) is 10.9 Å². The number of hydrogen-bond acceptors (Lipinski definition) is 3. The van der Waals surface area contributed by atoms with Crippen LogP contribution in [0.5, 0.6) is 0 Å². The van der Waals surface area contributed by atoms with E-state index < -0.39 is 5.91 Å². The molecule has 0 aliphatic heterocycles. The van der Waals surface area contributed by atoms with E-state index in [9.17, 15) is 4.79 Å². The average Bonchev–Trinajstić information content (AvgIpc) is 2.87. The number of rotatable bonds is 2. The van der Waals surface area contributed by atoms with Crippen molar-refractivity contribution in [2.45, 2.75) is 0 Å². The summed E-state index contributed by atoms with van der Waals surface area (Å²) >= 11 is 1.52. The first-order chi connectivity index (χ1) is 8.75. The molecule has 1 aromatic carbocycles. The van der Waals surface area contributed by atoms with E-state index in [0.717, 1.165) is 21.3 Å². The number of fused-ring (bicyclic) bond motifs is 1. The number of benzene rings is 1. The molecule has 0 saturated carbocycles. The highest BCUT2D eigenvalue weighted by molar-refractivity contribution is 7.14.